The van der Waals surface area contributed by atoms with Crippen LogP contribution in [-0.2, 0) is 10.2 Å². The summed E-state index contributed by atoms with van der Waals surface area (Å²) in [6.07, 6.45) is 5.14. The normalized spacial score (nSPS) is 23.3. The van der Waals surface area contributed by atoms with Gasteiger partial charge in [0.15, 0.2) is 0 Å². The van der Waals surface area contributed by atoms with Crippen LogP contribution in [0.3, 0.4) is 0 Å². The van der Waals surface area contributed by atoms with E-state index in [9.17, 15) is 14.4 Å². The Bertz CT molecular complexity index is 724. The van der Waals surface area contributed by atoms with Crippen molar-refractivity contribution in [1.29, 1.82) is 0 Å². The molecule has 1 saturated carbocycles. The third-order valence-electron chi connectivity index (χ3n) is 5.45. The number of nitrogens with one attached hydrogen (secondary N) is 1. The van der Waals surface area contributed by atoms with E-state index in [0.717, 1.165) is 24.1 Å². The van der Waals surface area contributed by atoms with Gasteiger partial charge in [-0.05, 0) is 55.4 Å². The summed E-state index contributed by atoms with van der Waals surface area (Å²) >= 11 is 0. The Labute approximate surface area is 141 Å². The number of halogens is 1. The van der Waals surface area contributed by atoms with Crippen molar-refractivity contribution in [2.24, 2.45) is 0 Å². The molecule has 0 heterocycles. The molecule has 2 aliphatic carbocycles. The molecule has 0 aliphatic heterocycles. The predicted molar refractivity (Wildman–Crippen MR) is 90.0 cm³/mol. The minimum absolute atomic E-state index is 0.356. The number of hydrogen-bond donors (Lipinski definition) is 2. The molecule has 2 N–H and O–H groups in total. The van der Waals surface area contributed by atoms with E-state index in [2.05, 4.69) is 11.5 Å². The number of allylic oxidation sites excluding steroid dienone is 2. The number of hydroxylamine groups is 1. The fourth-order valence-corrected chi connectivity index (χ4v) is 3.97. The summed E-state index contributed by atoms with van der Waals surface area (Å²) in [6, 6.07) is 5.24. The maximum absolute atomic E-state index is 14.1. The Morgan fingerprint density at radius 1 is 1.50 bits per heavy atom. The summed E-state index contributed by atoms with van der Waals surface area (Å²) in [5.41, 5.74) is 3.52. The van der Waals surface area contributed by atoms with Crippen molar-refractivity contribution < 1.29 is 14.4 Å². The highest BCUT2D eigenvalue weighted by molar-refractivity contribution is 5.93. The SMILES string of the molecule is C=CC1=C(N(C)C2CC2)CC[C@@]1(C(=O)NO)c1cccc(F)c1C. The first-order chi connectivity index (χ1) is 11.5. The second-order valence-electron chi connectivity index (χ2n) is 6.67. The quantitative estimate of drug-likeness (QED) is 0.644. The van der Waals surface area contributed by atoms with Crippen LogP contribution in [-0.4, -0.2) is 29.1 Å². The maximum Gasteiger partial charge on any atom is 0.258 e. The molecule has 0 aromatic heterocycles. The molecular weight excluding hydrogens is 307 g/mol. The molecule has 1 fully saturated rings. The number of carbonyl (C=O) groups excluding carboxylic acids is 1. The molecular formula is C19H23FN2O2. The maximum atomic E-state index is 14.1. The molecule has 5 heteroatoms. The van der Waals surface area contributed by atoms with Gasteiger partial charge in [0.25, 0.3) is 5.91 Å². The van der Waals surface area contributed by atoms with Crippen molar-refractivity contribution in [1.82, 2.24) is 10.4 Å². The van der Waals surface area contributed by atoms with Gasteiger partial charge in [-0.3, -0.25) is 10.0 Å². The third-order valence-corrected chi connectivity index (χ3v) is 5.45. The summed E-state index contributed by atoms with van der Waals surface area (Å²) in [5.74, 6) is -0.893. The van der Waals surface area contributed by atoms with Crippen LogP contribution in [0.4, 0.5) is 4.39 Å². The van der Waals surface area contributed by atoms with Gasteiger partial charge in [0.1, 0.15) is 11.2 Å². The first kappa shape index (κ1) is 16.7. The molecule has 1 aromatic carbocycles. The summed E-state index contributed by atoms with van der Waals surface area (Å²) in [7, 11) is 2.03. The predicted octanol–water partition coefficient (Wildman–Crippen LogP) is 3.21. The molecule has 1 atom stereocenters. The minimum Gasteiger partial charge on any atom is -0.375 e. The van der Waals surface area contributed by atoms with Crippen LogP contribution in [0.15, 0.2) is 42.1 Å². The summed E-state index contributed by atoms with van der Waals surface area (Å²) in [5, 5.41) is 9.38. The number of hydrogen-bond acceptors (Lipinski definition) is 3. The van der Waals surface area contributed by atoms with E-state index in [1.807, 2.05) is 7.05 Å². The van der Waals surface area contributed by atoms with Gasteiger partial charge in [-0.25, -0.2) is 9.87 Å². The Morgan fingerprint density at radius 3 is 2.79 bits per heavy atom. The van der Waals surface area contributed by atoms with Gasteiger partial charge in [-0.15, -0.1) is 0 Å². The Kier molecular flexibility index (Phi) is 4.22. The van der Waals surface area contributed by atoms with Crippen LogP contribution in [0.1, 0.15) is 36.8 Å². The van der Waals surface area contributed by atoms with Crippen LogP contribution in [0, 0.1) is 12.7 Å². The van der Waals surface area contributed by atoms with E-state index in [-0.39, 0.29) is 5.82 Å². The van der Waals surface area contributed by atoms with Crippen molar-refractivity contribution in [2.45, 2.75) is 44.1 Å². The van der Waals surface area contributed by atoms with Gasteiger partial charge >= 0.3 is 0 Å². The highest BCUT2D eigenvalue weighted by Crippen LogP contribution is 2.49. The molecule has 0 spiro atoms. The lowest BCUT2D eigenvalue weighted by Crippen LogP contribution is -2.43. The van der Waals surface area contributed by atoms with Crippen molar-refractivity contribution >= 4 is 5.91 Å². The zero-order valence-electron chi connectivity index (χ0n) is 14.1. The average Bonchev–Trinajstić information content (AvgIpc) is 3.36. The van der Waals surface area contributed by atoms with Crippen molar-refractivity contribution in [3.05, 3.63) is 59.1 Å². The molecule has 0 radical (unpaired) electrons. The fourth-order valence-electron chi connectivity index (χ4n) is 3.97. The van der Waals surface area contributed by atoms with Gasteiger partial charge in [0, 0.05) is 18.8 Å². The van der Waals surface area contributed by atoms with Crippen molar-refractivity contribution in [3.8, 4) is 0 Å². The zero-order valence-corrected chi connectivity index (χ0v) is 14.1. The molecule has 0 bridgehead atoms. The third kappa shape index (κ3) is 2.35. The van der Waals surface area contributed by atoms with E-state index in [0.29, 0.717) is 30.0 Å². The number of rotatable bonds is 5. The molecule has 0 unspecified atom stereocenters. The highest BCUT2D eigenvalue weighted by atomic mass is 19.1. The van der Waals surface area contributed by atoms with E-state index in [1.165, 1.54) is 6.07 Å². The monoisotopic (exact) mass is 330 g/mol. The molecule has 2 aliphatic rings. The molecule has 1 aromatic rings. The van der Waals surface area contributed by atoms with Crippen LogP contribution >= 0.6 is 0 Å². The topological polar surface area (TPSA) is 52.6 Å². The minimum atomic E-state index is -1.11. The second kappa shape index (κ2) is 6.06. The fraction of sp³-hybridized carbons (Fsp3) is 0.421. The molecule has 3 rings (SSSR count). The Hall–Kier alpha value is -2.14. The highest BCUT2D eigenvalue weighted by Gasteiger charge is 2.50. The molecule has 128 valence electrons. The number of benzene rings is 1. The largest absolute Gasteiger partial charge is 0.375 e. The lowest BCUT2D eigenvalue weighted by molar-refractivity contribution is -0.133. The summed E-state index contributed by atoms with van der Waals surface area (Å²) in [4.78, 5) is 14.9. The molecule has 4 nitrogen and oxygen atoms in total. The van der Waals surface area contributed by atoms with E-state index in [1.54, 1.807) is 30.6 Å². The van der Waals surface area contributed by atoms with E-state index < -0.39 is 11.3 Å². The molecule has 1 amide bonds. The molecule has 24 heavy (non-hydrogen) atoms. The summed E-state index contributed by atoms with van der Waals surface area (Å²) in [6.45, 7) is 5.57. The Balaban J connectivity index is 2.22. The first-order valence-electron chi connectivity index (χ1n) is 8.26. The first-order valence-corrected chi connectivity index (χ1v) is 8.26. The van der Waals surface area contributed by atoms with Crippen molar-refractivity contribution in [2.75, 3.05) is 7.05 Å². The van der Waals surface area contributed by atoms with Crippen LogP contribution < -0.4 is 5.48 Å². The smallest absolute Gasteiger partial charge is 0.258 e. The average molecular weight is 330 g/mol. The van der Waals surface area contributed by atoms with Crippen LogP contribution in [0.25, 0.3) is 0 Å². The zero-order chi connectivity index (χ0) is 17.5. The van der Waals surface area contributed by atoms with Gasteiger partial charge < -0.3 is 4.90 Å². The number of carbonyl (C=O) groups is 1. The van der Waals surface area contributed by atoms with Crippen LogP contribution in [0.5, 0.6) is 0 Å². The molecule has 0 saturated heterocycles. The van der Waals surface area contributed by atoms with Crippen LogP contribution in [0.2, 0.25) is 0 Å². The Morgan fingerprint density at radius 2 is 2.21 bits per heavy atom. The second-order valence-corrected chi connectivity index (χ2v) is 6.67. The van der Waals surface area contributed by atoms with E-state index in [4.69, 9.17) is 0 Å². The summed E-state index contributed by atoms with van der Waals surface area (Å²) < 4.78 is 14.1. The lowest BCUT2D eigenvalue weighted by Gasteiger charge is -2.31. The number of amides is 1. The van der Waals surface area contributed by atoms with E-state index >= 15 is 0 Å². The van der Waals surface area contributed by atoms with Crippen molar-refractivity contribution in [3.63, 3.8) is 0 Å². The standard InChI is InChI=1S/C19H23FN2O2/c1-4-14-17(22(3)13-8-9-13)10-11-19(14,18(23)21-24)15-6-5-7-16(20)12(15)2/h4-7,13,24H,1,8-11H2,2-3H3,(H,21,23)/t19-/m0/s1. The lowest BCUT2D eigenvalue weighted by atomic mass is 9.72. The van der Waals surface area contributed by atoms with Gasteiger partial charge in [0.2, 0.25) is 0 Å². The van der Waals surface area contributed by atoms with Gasteiger partial charge in [-0.1, -0.05) is 24.8 Å². The number of nitrogens with zero attached hydrogens (tertiary/aromatic N) is 1. The van der Waals surface area contributed by atoms with Gasteiger partial charge in [0.05, 0.1) is 0 Å². The van der Waals surface area contributed by atoms with Gasteiger partial charge in [-0.2, -0.15) is 0 Å².